The summed E-state index contributed by atoms with van der Waals surface area (Å²) in [5.74, 6) is -0.374. The fourth-order valence-electron chi connectivity index (χ4n) is 3.49. The van der Waals surface area contributed by atoms with Crippen LogP contribution in [0.5, 0.6) is 5.75 Å². The van der Waals surface area contributed by atoms with Crippen LogP contribution in [0, 0.1) is 0 Å². The monoisotopic (exact) mass is 484 g/mol. The molecule has 0 radical (unpaired) electrons. The van der Waals surface area contributed by atoms with Crippen LogP contribution in [0.3, 0.4) is 0 Å². The minimum atomic E-state index is -1.09. The van der Waals surface area contributed by atoms with Gasteiger partial charge in [0.2, 0.25) is 0 Å². The van der Waals surface area contributed by atoms with Crippen LogP contribution in [0.15, 0.2) is 42.5 Å². The van der Waals surface area contributed by atoms with E-state index in [-0.39, 0.29) is 18.8 Å². The third-order valence-electron chi connectivity index (χ3n) is 5.43. The minimum absolute atomic E-state index is 0.0663. The molecule has 2 aromatic carbocycles. The molecule has 0 aliphatic heterocycles. The molecule has 4 rings (SSSR count). The largest absolute Gasteiger partial charge is 0.489 e. The third kappa shape index (κ3) is 7.53. The Balaban J connectivity index is 1.44. The number of benzene rings is 2. The molecule has 2 aliphatic rings. The number of hydrogen-bond donors (Lipinski definition) is 3. The Morgan fingerprint density at radius 3 is 2.34 bits per heavy atom. The van der Waals surface area contributed by atoms with E-state index >= 15 is 0 Å². The molecule has 0 aromatic heterocycles. The Morgan fingerprint density at radius 2 is 1.77 bits per heavy atom. The van der Waals surface area contributed by atoms with Gasteiger partial charge >= 0.3 is 12.1 Å². The molecule has 1 amide bonds. The summed E-state index contributed by atoms with van der Waals surface area (Å²) < 4.78 is 11.0. The van der Waals surface area contributed by atoms with Gasteiger partial charge in [0.1, 0.15) is 24.0 Å². The number of nitrogens with one attached hydrogen (secondary N) is 2. The number of carbonyl (C=O) groups excluding carboxylic acids is 2. The average molecular weight is 485 g/mol. The molecule has 2 unspecified atom stereocenters. The maximum Gasteiger partial charge on any atom is 0.407 e. The van der Waals surface area contributed by atoms with E-state index in [4.69, 9.17) is 14.3 Å². The average Bonchev–Trinajstić information content (AvgIpc) is 2.80. The Labute approximate surface area is 204 Å². The van der Waals surface area contributed by atoms with E-state index in [2.05, 4.69) is 10.8 Å². The van der Waals surface area contributed by atoms with Crippen LogP contribution in [0.2, 0.25) is 0 Å². The predicted octanol–water partition coefficient (Wildman–Crippen LogP) is 3.98. The first-order chi connectivity index (χ1) is 16.6. The summed E-state index contributed by atoms with van der Waals surface area (Å²) in [5.41, 5.74) is 5.04. The van der Waals surface area contributed by atoms with Gasteiger partial charge in [0.25, 0.3) is 0 Å². The van der Waals surface area contributed by atoms with Crippen molar-refractivity contribution in [2.45, 2.75) is 71.4 Å². The van der Waals surface area contributed by atoms with Gasteiger partial charge in [0.05, 0.1) is 6.61 Å². The standard InChI is InChI=1S/C26H32N2O7/c1-5-19(27-25(32)35-26(2,3)4)13-22(24(30)31)28-34-14-16-6-10-20(11-7-16)33-15-18-9-8-17-12-21(18)23(17)29/h6-12,19,22,28H,5,13-15H2,1-4H3,(H,27,32)(H,30,31). The van der Waals surface area contributed by atoms with E-state index in [1.54, 1.807) is 39.0 Å². The molecule has 9 heteroatoms. The van der Waals surface area contributed by atoms with Gasteiger partial charge < -0.3 is 19.9 Å². The summed E-state index contributed by atoms with van der Waals surface area (Å²) in [6.07, 6.45) is 0.0728. The van der Waals surface area contributed by atoms with Gasteiger partial charge in [-0.25, -0.2) is 4.79 Å². The highest BCUT2D eigenvalue weighted by Crippen LogP contribution is 2.26. The van der Waals surface area contributed by atoms with Crippen LogP contribution in [0.25, 0.3) is 0 Å². The lowest BCUT2D eigenvalue weighted by Crippen LogP contribution is -2.45. The topological polar surface area (TPSA) is 123 Å². The molecule has 188 valence electrons. The summed E-state index contributed by atoms with van der Waals surface area (Å²) >= 11 is 0. The highest BCUT2D eigenvalue weighted by molar-refractivity contribution is 6.17. The first-order valence-corrected chi connectivity index (χ1v) is 11.5. The number of aliphatic carboxylic acids is 1. The van der Waals surface area contributed by atoms with Gasteiger partial charge in [-0.3, -0.25) is 14.4 Å². The molecule has 3 N–H and O–H groups in total. The van der Waals surface area contributed by atoms with Crippen LogP contribution < -0.4 is 15.5 Å². The van der Waals surface area contributed by atoms with Crippen molar-refractivity contribution in [3.05, 3.63) is 64.7 Å². The molecule has 0 spiro atoms. The molecule has 0 saturated carbocycles. The number of carboxylic acid groups (broad SMARTS) is 1. The Kier molecular flexibility index (Phi) is 8.48. The lowest BCUT2D eigenvalue weighted by atomic mass is 9.87. The summed E-state index contributed by atoms with van der Waals surface area (Å²) in [6, 6.07) is 11.3. The van der Waals surface area contributed by atoms with E-state index in [9.17, 15) is 19.5 Å². The molecular formula is C26H32N2O7. The SMILES string of the molecule is CCC(CC(NOCc1ccc(OCc2ccc3cc2C3=O)cc1)C(=O)O)NC(=O)OC(C)(C)C. The fourth-order valence-corrected chi connectivity index (χ4v) is 3.49. The van der Waals surface area contributed by atoms with Gasteiger partial charge in [-0.1, -0.05) is 31.2 Å². The number of carboxylic acids is 1. The fraction of sp³-hybridized carbons (Fsp3) is 0.423. The second-order valence-corrected chi connectivity index (χ2v) is 9.42. The maximum absolute atomic E-state index is 12.0. The van der Waals surface area contributed by atoms with Crippen LogP contribution in [0.1, 0.15) is 67.6 Å². The molecular weight excluding hydrogens is 452 g/mol. The van der Waals surface area contributed by atoms with Crippen LogP contribution in [-0.4, -0.2) is 40.6 Å². The van der Waals surface area contributed by atoms with Crippen molar-refractivity contribution >= 4 is 17.8 Å². The molecule has 2 atom stereocenters. The van der Waals surface area contributed by atoms with Crippen molar-refractivity contribution in [1.29, 1.82) is 0 Å². The molecule has 2 aliphatic carbocycles. The number of rotatable bonds is 12. The van der Waals surface area contributed by atoms with Crippen molar-refractivity contribution in [3.63, 3.8) is 0 Å². The third-order valence-corrected chi connectivity index (χ3v) is 5.43. The highest BCUT2D eigenvalue weighted by atomic mass is 16.6. The zero-order valence-electron chi connectivity index (χ0n) is 20.4. The normalized spacial score (nSPS) is 14.0. The predicted molar refractivity (Wildman–Crippen MR) is 128 cm³/mol. The highest BCUT2D eigenvalue weighted by Gasteiger charge is 2.25. The summed E-state index contributed by atoms with van der Waals surface area (Å²) in [5, 5.41) is 12.2. The molecule has 2 aromatic rings. The Hall–Kier alpha value is -3.43. The van der Waals surface area contributed by atoms with E-state index in [1.807, 2.05) is 31.2 Å². The van der Waals surface area contributed by atoms with Gasteiger partial charge in [0, 0.05) is 22.7 Å². The first-order valence-electron chi connectivity index (χ1n) is 11.5. The van der Waals surface area contributed by atoms with Crippen molar-refractivity contribution < 1.29 is 33.8 Å². The molecule has 9 nitrogen and oxygen atoms in total. The number of hydrogen-bond acceptors (Lipinski definition) is 7. The van der Waals surface area contributed by atoms with Gasteiger partial charge in [0.15, 0.2) is 5.78 Å². The number of fused-ring (bicyclic) bond motifs is 2. The van der Waals surface area contributed by atoms with E-state index < -0.39 is 29.7 Å². The number of ether oxygens (including phenoxy) is 2. The van der Waals surface area contributed by atoms with Crippen molar-refractivity contribution in [1.82, 2.24) is 10.8 Å². The number of amides is 1. The van der Waals surface area contributed by atoms with Crippen molar-refractivity contribution in [3.8, 4) is 5.75 Å². The Bertz CT molecular complexity index is 1060. The molecule has 2 bridgehead atoms. The van der Waals surface area contributed by atoms with Crippen molar-refractivity contribution in [2.24, 2.45) is 0 Å². The summed E-state index contributed by atoms with van der Waals surface area (Å²) in [4.78, 5) is 40.9. The van der Waals surface area contributed by atoms with Crippen LogP contribution >= 0.6 is 0 Å². The quantitative estimate of drug-likeness (QED) is 0.330. The summed E-state index contributed by atoms with van der Waals surface area (Å²) in [6.45, 7) is 7.57. The van der Waals surface area contributed by atoms with Gasteiger partial charge in [-0.05, 0) is 57.4 Å². The lowest BCUT2D eigenvalue weighted by Gasteiger charge is -2.25. The molecule has 0 heterocycles. The van der Waals surface area contributed by atoms with E-state index in [0.29, 0.717) is 24.3 Å². The van der Waals surface area contributed by atoms with Gasteiger partial charge in [-0.15, -0.1) is 0 Å². The van der Waals surface area contributed by atoms with Gasteiger partial charge in [-0.2, -0.15) is 5.48 Å². The first kappa shape index (κ1) is 26.2. The molecule has 0 fully saturated rings. The number of ketones is 1. The second kappa shape index (κ2) is 11.3. The van der Waals surface area contributed by atoms with Crippen LogP contribution in [-0.2, 0) is 27.6 Å². The zero-order valence-corrected chi connectivity index (χ0v) is 20.4. The summed E-state index contributed by atoms with van der Waals surface area (Å²) in [7, 11) is 0. The number of hydroxylamine groups is 1. The number of carbonyl (C=O) groups is 3. The van der Waals surface area contributed by atoms with Crippen LogP contribution in [0.4, 0.5) is 4.79 Å². The minimum Gasteiger partial charge on any atom is -0.489 e. The Morgan fingerprint density at radius 1 is 1.06 bits per heavy atom. The molecule has 35 heavy (non-hydrogen) atoms. The smallest absolute Gasteiger partial charge is 0.407 e. The van der Waals surface area contributed by atoms with Crippen molar-refractivity contribution in [2.75, 3.05) is 0 Å². The van der Waals surface area contributed by atoms with E-state index in [0.717, 1.165) is 16.7 Å². The van der Waals surface area contributed by atoms with E-state index in [1.165, 1.54) is 0 Å². The second-order valence-electron chi connectivity index (χ2n) is 9.42. The molecule has 0 saturated heterocycles. The zero-order chi connectivity index (χ0) is 25.6. The number of alkyl carbamates (subject to hydrolysis) is 1. The lowest BCUT2D eigenvalue weighted by molar-refractivity contribution is -0.145. The maximum atomic E-state index is 12.0.